The minimum absolute atomic E-state index is 0.0526. The quantitative estimate of drug-likeness (QED) is 0.471. The van der Waals surface area contributed by atoms with E-state index in [1.807, 2.05) is 31.2 Å². The monoisotopic (exact) mass is 407 g/mol. The van der Waals surface area contributed by atoms with Crippen molar-refractivity contribution in [3.63, 3.8) is 0 Å². The Morgan fingerprint density at radius 3 is 2.65 bits per heavy atom. The lowest BCUT2D eigenvalue weighted by atomic mass is 10.2. The number of thioether (sulfide) groups is 1. The smallest absolute Gasteiger partial charge is 0.270 e. The number of nitrogens with zero attached hydrogens (tertiary/aromatic N) is 1. The molecule has 1 aliphatic heterocycles. The van der Waals surface area contributed by atoms with Crippen molar-refractivity contribution in [3.05, 3.63) is 63.8 Å². The molecule has 7 heteroatoms. The molecule has 0 unspecified atom stereocenters. The minimum Gasteiger partial charge on any atom is -0.494 e. The van der Waals surface area contributed by atoms with Crippen molar-refractivity contribution < 1.29 is 13.9 Å². The molecule has 1 saturated heterocycles. The van der Waals surface area contributed by atoms with Crippen LogP contribution in [-0.4, -0.2) is 16.8 Å². The first kappa shape index (κ1) is 18.9. The largest absolute Gasteiger partial charge is 0.494 e. The summed E-state index contributed by atoms with van der Waals surface area (Å²) >= 11 is 12.3. The highest BCUT2D eigenvalue weighted by Gasteiger charge is 2.33. The molecule has 0 N–H and O–H groups in total. The number of carbonyl (C=O) groups is 1. The molecule has 2 aromatic rings. The Labute approximate surface area is 165 Å². The molecule has 2 aromatic carbocycles. The fourth-order valence-electron chi connectivity index (χ4n) is 2.35. The highest BCUT2D eigenvalue weighted by atomic mass is 35.5. The zero-order valence-electron chi connectivity index (χ0n) is 13.9. The lowest BCUT2D eigenvalue weighted by molar-refractivity contribution is -0.113. The van der Waals surface area contributed by atoms with Gasteiger partial charge in [0, 0.05) is 0 Å². The summed E-state index contributed by atoms with van der Waals surface area (Å²) in [5.41, 5.74) is 1.32. The summed E-state index contributed by atoms with van der Waals surface area (Å²) in [6, 6.07) is 11.6. The molecule has 1 heterocycles. The molecule has 0 aromatic heterocycles. The van der Waals surface area contributed by atoms with Gasteiger partial charge in [0.1, 0.15) is 11.6 Å². The molecular formula is C19H15ClFNO2S2. The average molecular weight is 408 g/mol. The summed E-state index contributed by atoms with van der Waals surface area (Å²) < 4.78 is 19.3. The predicted molar refractivity (Wildman–Crippen MR) is 109 cm³/mol. The zero-order chi connectivity index (χ0) is 18.7. The molecular weight excluding hydrogens is 393 g/mol. The van der Waals surface area contributed by atoms with Crippen LogP contribution in [0.25, 0.3) is 6.08 Å². The Bertz CT molecular complexity index is 884. The number of hydrogen-bond donors (Lipinski definition) is 0. The zero-order valence-corrected chi connectivity index (χ0v) is 16.3. The number of thiocarbonyl (C=S) groups is 1. The fourth-order valence-corrected chi connectivity index (χ4v) is 3.82. The van der Waals surface area contributed by atoms with Gasteiger partial charge in [-0.2, -0.15) is 0 Å². The lowest BCUT2D eigenvalue weighted by Crippen LogP contribution is -2.27. The number of hydrogen-bond acceptors (Lipinski definition) is 4. The second kappa shape index (κ2) is 8.20. The number of benzene rings is 2. The van der Waals surface area contributed by atoms with Gasteiger partial charge < -0.3 is 4.74 Å². The predicted octanol–water partition coefficient (Wildman–Crippen LogP) is 5.67. The first-order valence-corrected chi connectivity index (χ1v) is 9.55. The van der Waals surface area contributed by atoms with Crippen LogP contribution < -0.4 is 9.64 Å². The number of carbonyl (C=O) groups excluding carboxylic acids is 1. The van der Waals surface area contributed by atoms with E-state index in [4.69, 9.17) is 28.6 Å². The van der Waals surface area contributed by atoms with Gasteiger partial charge in [-0.15, -0.1) is 0 Å². The van der Waals surface area contributed by atoms with Gasteiger partial charge in [-0.25, -0.2) is 4.39 Å². The van der Waals surface area contributed by atoms with Gasteiger partial charge in [-0.05, 0) is 48.4 Å². The van der Waals surface area contributed by atoms with Gasteiger partial charge in [-0.3, -0.25) is 9.69 Å². The van der Waals surface area contributed by atoms with E-state index in [9.17, 15) is 9.18 Å². The summed E-state index contributed by atoms with van der Waals surface area (Å²) in [6.45, 7) is 2.71. The van der Waals surface area contributed by atoms with Gasteiger partial charge in [0.25, 0.3) is 5.91 Å². The van der Waals surface area contributed by atoms with Crippen LogP contribution in [0.5, 0.6) is 5.75 Å². The summed E-state index contributed by atoms with van der Waals surface area (Å²) in [4.78, 5) is 14.6. The normalized spacial score (nSPS) is 15.8. The first-order chi connectivity index (χ1) is 12.5. The summed E-state index contributed by atoms with van der Waals surface area (Å²) in [6.07, 6.45) is 2.71. The third-order valence-electron chi connectivity index (χ3n) is 3.61. The molecule has 26 heavy (non-hydrogen) atoms. The van der Waals surface area contributed by atoms with E-state index in [2.05, 4.69) is 0 Å². The van der Waals surface area contributed by atoms with Crippen LogP contribution in [0.2, 0.25) is 5.02 Å². The number of ether oxygens (including phenoxy) is 1. The van der Waals surface area contributed by atoms with Gasteiger partial charge >= 0.3 is 0 Å². The standard InChI is InChI=1S/C19H15ClFNO2S2/c1-2-9-24-14-6-3-12(4-7-14)10-17-18(23)22(19(25)26-17)13-5-8-16(21)15(20)11-13/h3-8,10-11H,2,9H2,1H3. The van der Waals surface area contributed by atoms with E-state index in [0.717, 1.165) is 17.7 Å². The molecule has 0 spiro atoms. The van der Waals surface area contributed by atoms with Crippen LogP contribution in [0.1, 0.15) is 18.9 Å². The van der Waals surface area contributed by atoms with Crippen LogP contribution in [0.4, 0.5) is 10.1 Å². The van der Waals surface area contributed by atoms with Gasteiger partial charge in [-0.1, -0.05) is 54.6 Å². The van der Waals surface area contributed by atoms with Crippen molar-refractivity contribution in [3.8, 4) is 5.75 Å². The molecule has 0 atom stereocenters. The SMILES string of the molecule is CCCOc1ccc(C=C2SC(=S)N(c3ccc(F)c(Cl)c3)C2=O)cc1. The number of rotatable bonds is 5. The van der Waals surface area contributed by atoms with Crippen LogP contribution >= 0.6 is 35.6 Å². The van der Waals surface area contributed by atoms with Crippen LogP contribution in [0, 0.1) is 5.82 Å². The van der Waals surface area contributed by atoms with Crippen LogP contribution in [-0.2, 0) is 4.79 Å². The van der Waals surface area contributed by atoms with Crippen LogP contribution in [0.15, 0.2) is 47.4 Å². The molecule has 0 aliphatic carbocycles. The number of halogens is 2. The molecule has 1 amide bonds. The molecule has 1 fully saturated rings. The van der Waals surface area contributed by atoms with Crippen molar-refractivity contribution in [1.82, 2.24) is 0 Å². The summed E-state index contributed by atoms with van der Waals surface area (Å²) in [5.74, 6) is -0.00623. The highest BCUT2D eigenvalue weighted by molar-refractivity contribution is 8.27. The van der Waals surface area contributed by atoms with Gasteiger partial charge in [0.15, 0.2) is 4.32 Å². The molecule has 1 aliphatic rings. The maximum Gasteiger partial charge on any atom is 0.270 e. The van der Waals surface area contributed by atoms with Crippen molar-refractivity contribution in [2.75, 3.05) is 11.5 Å². The number of amides is 1. The Kier molecular flexibility index (Phi) is 5.96. The van der Waals surface area contributed by atoms with E-state index in [-0.39, 0.29) is 10.9 Å². The van der Waals surface area contributed by atoms with Crippen molar-refractivity contribution in [1.29, 1.82) is 0 Å². The fraction of sp³-hybridized carbons (Fsp3) is 0.158. The Morgan fingerprint density at radius 1 is 1.27 bits per heavy atom. The first-order valence-electron chi connectivity index (χ1n) is 7.95. The van der Waals surface area contributed by atoms with Crippen molar-refractivity contribution in [2.45, 2.75) is 13.3 Å². The Balaban J connectivity index is 1.81. The average Bonchev–Trinajstić information content (AvgIpc) is 2.90. The molecule has 3 nitrogen and oxygen atoms in total. The van der Waals surface area contributed by atoms with Crippen molar-refractivity contribution >= 4 is 57.6 Å². The molecule has 0 saturated carbocycles. The van der Waals surface area contributed by atoms with Gasteiger partial charge in [0.2, 0.25) is 0 Å². The Hall–Kier alpha value is -1.89. The third-order valence-corrected chi connectivity index (χ3v) is 5.20. The van der Waals surface area contributed by atoms with E-state index in [1.165, 1.54) is 34.9 Å². The van der Waals surface area contributed by atoms with Crippen LogP contribution in [0.3, 0.4) is 0 Å². The van der Waals surface area contributed by atoms with Gasteiger partial charge in [0.05, 0.1) is 22.2 Å². The maximum absolute atomic E-state index is 13.4. The molecule has 3 rings (SSSR count). The van der Waals surface area contributed by atoms with E-state index >= 15 is 0 Å². The summed E-state index contributed by atoms with van der Waals surface area (Å²) in [7, 11) is 0. The number of anilines is 1. The van der Waals surface area contributed by atoms with E-state index in [1.54, 1.807) is 6.08 Å². The lowest BCUT2D eigenvalue weighted by Gasteiger charge is -2.14. The van der Waals surface area contributed by atoms with E-state index < -0.39 is 5.82 Å². The second-order valence-corrected chi connectivity index (χ2v) is 7.62. The van der Waals surface area contributed by atoms with E-state index in [0.29, 0.717) is 21.5 Å². The molecule has 134 valence electrons. The molecule has 0 radical (unpaired) electrons. The topological polar surface area (TPSA) is 29.5 Å². The third kappa shape index (κ3) is 4.09. The molecule has 0 bridgehead atoms. The Morgan fingerprint density at radius 2 is 2.00 bits per heavy atom. The summed E-state index contributed by atoms with van der Waals surface area (Å²) in [5, 5.41) is -0.0526. The highest BCUT2D eigenvalue weighted by Crippen LogP contribution is 2.37. The minimum atomic E-state index is -0.540. The second-order valence-electron chi connectivity index (χ2n) is 5.53. The van der Waals surface area contributed by atoms with Crippen molar-refractivity contribution in [2.24, 2.45) is 0 Å². The maximum atomic E-state index is 13.4.